The van der Waals surface area contributed by atoms with Gasteiger partial charge in [-0.05, 0) is 116 Å². The summed E-state index contributed by atoms with van der Waals surface area (Å²) in [5.41, 5.74) is 0. The zero-order valence-corrected chi connectivity index (χ0v) is 42.6. The van der Waals surface area contributed by atoms with Crippen molar-refractivity contribution >= 4 is 5.91 Å². The molecule has 0 aromatic heterocycles. The lowest BCUT2D eigenvalue weighted by Crippen LogP contribution is -2.45. The number of rotatable bonds is 47. The van der Waals surface area contributed by atoms with Crippen LogP contribution in [0, 0.1) is 0 Å². The van der Waals surface area contributed by atoms with Crippen molar-refractivity contribution < 1.29 is 15.0 Å². The summed E-state index contributed by atoms with van der Waals surface area (Å²) in [7, 11) is 0. The number of carbonyl (C=O) groups is 1. The van der Waals surface area contributed by atoms with Crippen LogP contribution in [0.2, 0.25) is 0 Å². The summed E-state index contributed by atoms with van der Waals surface area (Å²) >= 11 is 0. The number of unbranched alkanes of at least 4 members (excludes halogenated alkanes) is 18. The maximum absolute atomic E-state index is 12.5. The Kier molecular flexibility index (Phi) is 52.5. The third-order valence-electron chi connectivity index (χ3n) is 11.3. The molecule has 0 spiro atoms. The lowest BCUT2D eigenvalue weighted by molar-refractivity contribution is -0.123. The first kappa shape index (κ1) is 62.3. The molecule has 4 nitrogen and oxygen atoms in total. The van der Waals surface area contributed by atoms with Crippen LogP contribution in [0.4, 0.5) is 0 Å². The van der Waals surface area contributed by atoms with Crippen LogP contribution in [0.1, 0.15) is 219 Å². The van der Waals surface area contributed by atoms with Crippen molar-refractivity contribution in [1.29, 1.82) is 0 Å². The summed E-state index contributed by atoms with van der Waals surface area (Å²) in [4.78, 5) is 12.5. The molecule has 0 saturated carbocycles. The molecule has 2 unspecified atom stereocenters. The third-order valence-corrected chi connectivity index (χ3v) is 11.3. The van der Waals surface area contributed by atoms with Crippen molar-refractivity contribution in [2.75, 3.05) is 6.61 Å². The van der Waals surface area contributed by atoms with Crippen molar-refractivity contribution in [3.8, 4) is 0 Å². The van der Waals surface area contributed by atoms with Gasteiger partial charge >= 0.3 is 0 Å². The minimum atomic E-state index is -0.886. The van der Waals surface area contributed by atoms with Crippen molar-refractivity contribution in [3.05, 3.63) is 146 Å². The lowest BCUT2D eigenvalue weighted by Gasteiger charge is -2.19. The number of hydrogen-bond acceptors (Lipinski definition) is 3. The molecule has 0 radical (unpaired) electrons. The van der Waals surface area contributed by atoms with E-state index in [-0.39, 0.29) is 12.5 Å². The second kappa shape index (κ2) is 55.6. The van der Waals surface area contributed by atoms with E-state index in [1.165, 1.54) is 89.9 Å². The first-order valence-electron chi connectivity index (χ1n) is 27.0. The zero-order valence-electron chi connectivity index (χ0n) is 42.6. The third kappa shape index (κ3) is 51.3. The number of carbonyl (C=O) groups excluding carboxylic acids is 1. The summed E-state index contributed by atoms with van der Waals surface area (Å²) in [6.45, 7) is 4.16. The number of allylic oxidation sites excluding steroid dienone is 23. The Morgan fingerprint density at radius 3 is 1.06 bits per heavy atom. The van der Waals surface area contributed by atoms with E-state index in [4.69, 9.17) is 0 Å². The van der Waals surface area contributed by atoms with Gasteiger partial charge in [-0.25, -0.2) is 0 Å². The fourth-order valence-electron chi connectivity index (χ4n) is 7.20. The molecule has 3 N–H and O–H groups in total. The standard InChI is InChI=1S/C62H101NO3/c1-3-5-7-9-11-13-15-17-19-21-23-24-25-26-27-28-29-30-31-32-33-34-35-36-37-38-40-42-44-46-48-50-52-54-56-58-62(66)63-60(59-64)61(65)57-55-53-51-49-47-45-43-41-39-22-20-18-16-14-12-10-8-6-4-2/h5,7,11,13,17,19,23-24,26-27,29-30,32-33,35-36,38-41,47,49,55,57,60-61,64-65H,3-4,6,8-10,12,14-16,18,20-22,25,28,31,34,37,42-46,48,50-54,56,58-59H2,1-2H3,(H,63,66)/b7-5-,13-11-,19-17-,24-23-,27-26-,30-29-,33-32-,36-35-,40-38-,41-39+,49-47+,57-55+. The van der Waals surface area contributed by atoms with Gasteiger partial charge in [0.15, 0.2) is 0 Å². The number of amides is 1. The second-order valence-corrected chi connectivity index (χ2v) is 17.5. The van der Waals surface area contributed by atoms with Gasteiger partial charge in [-0.2, -0.15) is 0 Å². The van der Waals surface area contributed by atoms with Crippen LogP contribution >= 0.6 is 0 Å². The molecule has 0 aliphatic heterocycles. The molecule has 4 heteroatoms. The van der Waals surface area contributed by atoms with Crippen molar-refractivity contribution in [2.45, 2.75) is 231 Å². The van der Waals surface area contributed by atoms with Gasteiger partial charge in [-0.3, -0.25) is 4.79 Å². The predicted octanol–water partition coefficient (Wildman–Crippen LogP) is 18.0. The van der Waals surface area contributed by atoms with Gasteiger partial charge < -0.3 is 15.5 Å². The first-order valence-corrected chi connectivity index (χ1v) is 27.0. The summed E-state index contributed by atoms with van der Waals surface area (Å²) < 4.78 is 0. The predicted molar refractivity (Wildman–Crippen MR) is 294 cm³/mol. The largest absolute Gasteiger partial charge is 0.394 e. The summed E-state index contributed by atoms with van der Waals surface area (Å²) in [5.74, 6) is -0.0957. The molecule has 0 aliphatic carbocycles. The fourth-order valence-corrected chi connectivity index (χ4v) is 7.20. The number of aliphatic hydroxyl groups excluding tert-OH is 2. The molecular weight excluding hydrogens is 807 g/mol. The van der Waals surface area contributed by atoms with E-state index in [2.05, 4.69) is 153 Å². The van der Waals surface area contributed by atoms with E-state index in [0.29, 0.717) is 6.42 Å². The van der Waals surface area contributed by atoms with Gasteiger partial charge in [0, 0.05) is 6.42 Å². The summed E-state index contributed by atoms with van der Waals surface area (Å²) in [6.07, 6.45) is 88.4. The Bertz CT molecular complexity index is 1400. The normalized spacial score (nSPS) is 14.1. The molecule has 0 fully saturated rings. The van der Waals surface area contributed by atoms with Crippen molar-refractivity contribution in [1.82, 2.24) is 5.32 Å². The average Bonchev–Trinajstić information content (AvgIpc) is 3.32. The highest BCUT2D eigenvalue weighted by molar-refractivity contribution is 5.76. The number of hydrogen-bond donors (Lipinski definition) is 3. The molecule has 1 amide bonds. The van der Waals surface area contributed by atoms with E-state index in [1.54, 1.807) is 6.08 Å². The molecule has 0 rings (SSSR count). The molecule has 372 valence electrons. The molecular formula is C62H101NO3. The van der Waals surface area contributed by atoms with Crippen LogP contribution in [0.3, 0.4) is 0 Å². The van der Waals surface area contributed by atoms with Gasteiger partial charge in [0.05, 0.1) is 18.8 Å². The second-order valence-electron chi connectivity index (χ2n) is 17.5. The maximum atomic E-state index is 12.5. The zero-order chi connectivity index (χ0) is 47.7. The van der Waals surface area contributed by atoms with Gasteiger partial charge in [0.2, 0.25) is 5.91 Å². The molecule has 0 bridgehead atoms. The quantitative estimate of drug-likeness (QED) is 0.0421. The van der Waals surface area contributed by atoms with Crippen LogP contribution < -0.4 is 5.32 Å². The molecule has 66 heavy (non-hydrogen) atoms. The van der Waals surface area contributed by atoms with Crippen LogP contribution in [0.5, 0.6) is 0 Å². The molecule has 2 atom stereocenters. The van der Waals surface area contributed by atoms with Gasteiger partial charge in [-0.1, -0.05) is 243 Å². The van der Waals surface area contributed by atoms with E-state index in [9.17, 15) is 15.0 Å². The molecule has 0 aromatic carbocycles. The van der Waals surface area contributed by atoms with Crippen molar-refractivity contribution in [2.24, 2.45) is 0 Å². The van der Waals surface area contributed by atoms with E-state index in [1.807, 2.05) is 6.08 Å². The SMILES string of the molecule is CC/C=C\C/C=C\C/C=C\C/C=C\C/C=C\C/C=C\C/C=C\C/C=C\C/C=C\CCCCCCCCCC(=O)NC(CO)C(O)/C=C/CC/C=C/CC/C=C/CCCCCCCCCCC. The highest BCUT2D eigenvalue weighted by Crippen LogP contribution is 2.12. The van der Waals surface area contributed by atoms with E-state index >= 15 is 0 Å². The molecule has 0 aromatic rings. The van der Waals surface area contributed by atoms with Crippen LogP contribution in [0.25, 0.3) is 0 Å². The Balaban J connectivity index is 3.70. The van der Waals surface area contributed by atoms with Gasteiger partial charge in [0.25, 0.3) is 0 Å². The molecule has 0 aliphatic rings. The van der Waals surface area contributed by atoms with Gasteiger partial charge in [0.1, 0.15) is 0 Å². The highest BCUT2D eigenvalue weighted by Gasteiger charge is 2.17. The Morgan fingerprint density at radius 2 is 0.682 bits per heavy atom. The fraction of sp³-hybridized carbons (Fsp3) is 0.597. The summed E-state index contributed by atoms with van der Waals surface area (Å²) in [5, 5.41) is 23.1. The smallest absolute Gasteiger partial charge is 0.220 e. The Morgan fingerprint density at radius 1 is 0.379 bits per heavy atom. The van der Waals surface area contributed by atoms with Gasteiger partial charge in [-0.15, -0.1) is 0 Å². The highest BCUT2D eigenvalue weighted by atomic mass is 16.3. The minimum absolute atomic E-state index is 0.0957. The van der Waals surface area contributed by atoms with Crippen molar-refractivity contribution in [3.63, 3.8) is 0 Å². The van der Waals surface area contributed by atoms with E-state index < -0.39 is 12.1 Å². The summed E-state index contributed by atoms with van der Waals surface area (Å²) in [6, 6.07) is -0.663. The Hall–Kier alpha value is -3.73. The van der Waals surface area contributed by atoms with E-state index in [0.717, 1.165) is 109 Å². The van der Waals surface area contributed by atoms with Crippen LogP contribution in [-0.2, 0) is 4.79 Å². The lowest BCUT2D eigenvalue weighted by atomic mass is 10.1. The van der Waals surface area contributed by atoms with Crippen LogP contribution in [-0.4, -0.2) is 34.9 Å². The number of nitrogens with one attached hydrogen (secondary N) is 1. The molecule has 0 saturated heterocycles. The Labute approximate surface area is 408 Å². The molecule has 0 heterocycles. The van der Waals surface area contributed by atoms with Crippen LogP contribution in [0.15, 0.2) is 146 Å². The maximum Gasteiger partial charge on any atom is 0.220 e. The monoisotopic (exact) mass is 908 g/mol. The average molecular weight is 908 g/mol. The minimum Gasteiger partial charge on any atom is -0.394 e. The topological polar surface area (TPSA) is 69.6 Å². The first-order chi connectivity index (χ1) is 32.7. The number of aliphatic hydroxyl groups is 2.